The highest BCUT2D eigenvalue weighted by molar-refractivity contribution is 9.10. The van der Waals surface area contributed by atoms with Gasteiger partial charge in [0.25, 0.3) is 0 Å². The smallest absolute Gasteiger partial charge is 0.0771 e. The van der Waals surface area contributed by atoms with Gasteiger partial charge >= 0.3 is 0 Å². The molecule has 16 heavy (non-hydrogen) atoms. The zero-order valence-electron chi connectivity index (χ0n) is 8.40. The Hall–Kier alpha value is -1.12. The number of hydrogen-bond donors (Lipinski definition) is 0. The highest BCUT2D eigenvalue weighted by atomic mass is 79.9. The van der Waals surface area contributed by atoms with Crippen LogP contribution in [0.4, 0.5) is 5.69 Å². The number of halogens is 2. The van der Waals surface area contributed by atoms with Crippen LogP contribution in [-0.4, -0.2) is 6.21 Å². The standard InChI is InChI=1S/C13H9BrClN/c14-11-6-2-4-8-13(11)16-9-10-5-1-3-7-12(10)15/h1-9H. The van der Waals surface area contributed by atoms with E-state index in [-0.39, 0.29) is 0 Å². The van der Waals surface area contributed by atoms with Crippen LogP contribution >= 0.6 is 27.5 Å². The van der Waals surface area contributed by atoms with Gasteiger partial charge in [0.2, 0.25) is 0 Å². The third kappa shape index (κ3) is 2.71. The lowest BCUT2D eigenvalue weighted by Gasteiger charge is -1.98. The first-order valence-corrected chi connectivity index (χ1v) is 5.97. The van der Waals surface area contributed by atoms with Crippen molar-refractivity contribution in [3.63, 3.8) is 0 Å². The average molecular weight is 295 g/mol. The summed E-state index contributed by atoms with van der Waals surface area (Å²) in [5.41, 5.74) is 1.81. The molecule has 0 heterocycles. The summed E-state index contributed by atoms with van der Waals surface area (Å²) in [4.78, 5) is 4.38. The molecule has 0 fully saturated rings. The van der Waals surface area contributed by atoms with Gasteiger partial charge in [-0.05, 0) is 34.1 Å². The van der Waals surface area contributed by atoms with Crippen LogP contribution in [0.5, 0.6) is 0 Å². The summed E-state index contributed by atoms with van der Waals surface area (Å²) < 4.78 is 0.971. The first-order valence-electron chi connectivity index (χ1n) is 4.80. The monoisotopic (exact) mass is 293 g/mol. The minimum atomic E-state index is 0.707. The maximum Gasteiger partial charge on any atom is 0.0771 e. The Labute approximate surface area is 108 Å². The largest absolute Gasteiger partial charge is 0.255 e. The van der Waals surface area contributed by atoms with Crippen LogP contribution in [0.3, 0.4) is 0 Å². The highest BCUT2D eigenvalue weighted by Crippen LogP contribution is 2.24. The van der Waals surface area contributed by atoms with Crippen molar-refractivity contribution < 1.29 is 0 Å². The fraction of sp³-hybridized carbons (Fsp3) is 0. The number of benzene rings is 2. The molecule has 3 heteroatoms. The van der Waals surface area contributed by atoms with Crippen LogP contribution in [0, 0.1) is 0 Å². The molecule has 0 N–H and O–H groups in total. The molecule has 0 saturated carbocycles. The van der Waals surface area contributed by atoms with Crippen LogP contribution in [-0.2, 0) is 0 Å². The molecule has 0 atom stereocenters. The van der Waals surface area contributed by atoms with E-state index in [0.29, 0.717) is 5.02 Å². The lowest BCUT2D eigenvalue weighted by molar-refractivity contribution is 1.49. The van der Waals surface area contributed by atoms with Gasteiger partial charge in [-0.25, -0.2) is 0 Å². The number of aliphatic imine (C=N–C) groups is 1. The van der Waals surface area contributed by atoms with Gasteiger partial charge in [0, 0.05) is 21.3 Å². The molecule has 2 aromatic carbocycles. The van der Waals surface area contributed by atoms with Gasteiger partial charge < -0.3 is 0 Å². The fourth-order valence-corrected chi connectivity index (χ4v) is 1.85. The summed E-state index contributed by atoms with van der Waals surface area (Å²) >= 11 is 9.47. The topological polar surface area (TPSA) is 12.4 Å². The maximum absolute atomic E-state index is 6.03. The molecular weight excluding hydrogens is 286 g/mol. The van der Waals surface area contributed by atoms with Gasteiger partial charge in [0.1, 0.15) is 0 Å². The van der Waals surface area contributed by atoms with Crippen LogP contribution in [0.1, 0.15) is 5.56 Å². The molecule has 0 aliphatic rings. The first-order chi connectivity index (χ1) is 7.77. The molecule has 0 amide bonds. The summed E-state index contributed by atoms with van der Waals surface area (Å²) in [5, 5.41) is 0.707. The number of para-hydroxylation sites is 1. The summed E-state index contributed by atoms with van der Waals surface area (Å²) in [6.45, 7) is 0. The molecule has 0 spiro atoms. The average Bonchev–Trinajstić information content (AvgIpc) is 2.30. The molecule has 0 saturated heterocycles. The molecular formula is C13H9BrClN. The van der Waals surface area contributed by atoms with E-state index in [2.05, 4.69) is 20.9 Å². The predicted molar refractivity (Wildman–Crippen MR) is 72.8 cm³/mol. The Bertz CT molecular complexity index is 475. The van der Waals surface area contributed by atoms with E-state index in [9.17, 15) is 0 Å². The second kappa shape index (κ2) is 5.28. The number of hydrogen-bond acceptors (Lipinski definition) is 1. The molecule has 1 nitrogen and oxygen atoms in total. The van der Waals surface area contributed by atoms with Crippen LogP contribution in [0.25, 0.3) is 0 Å². The molecule has 0 bridgehead atoms. The van der Waals surface area contributed by atoms with Crippen molar-refractivity contribution >= 4 is 39.4 Å². The Morgan fingerprint density at radius 1 is 1.00 bits per heavy atom. The Kier molecular flexibility index (Phi) is 3.75. The van der Waals surface area contributed by atoms with Crippen LogP contribution in [0.2, 0.25) is 5.02 Å². The lowest BCUT2D eigenvalue weighted by Crippen LogP contribution is -1.81. The second-order valence-electron chi connectivity index (χ2n) is 3.23. The van der Waals surface area contributed by atoms with Gasteiger partial charge in [-0.1, -0.05) is 41.9 Å². The van der Waals surface area contributed by atoms with E-state index in [1.165, 1.54) is 0 Å². The SMILES string of the molecule is Clc1ccccc1C=Nc1ccccc1Br. The zero-order valence-corrected chi connectivity index (χ0v) is 10.7. The van der Waals surface area contributed by atoms with Crippen LogP contribution in [0.15, 0.2) is 58.0 Å². The van der Waals surface area contributed by atoms with Crippen molar-refractivity contribution in [1.82, 2.24) is 0 Å². The number of rotatable bonds is 2. The quantitative estimate of drug-likeness (QED) is 0.702. The Morgan fingerprint density at radius 3 is 2.44 bits per heavy atom. The normalized spacial score (nSPS) is 10.9. The summed E-state index contributed by atoms with van der Waals surface area (Å²) in [7, 11) is 0. The second-order valence-corrected chi connectivity index (χ2v) is 4.49. The summed E-state index contributed by atoms with van der Waals surface area (Å²) in [5.74, 6) is 0. The van der Waals surface area contributed by atoms with E-state index in [1.807, 2.05) is 48.5 Å². The lowest BCUT2D eigenvalue weighted by atomic mass is 10.2. The molecule has 2 aromatic rings. The van der Waals surface area contributed by atoms with Crippen molar-refractivity contribution in [1.29, 1.82) is 0 Å². The Morgan fingerprint density at radius 2 is 1.69 bits per heavy atom. The van der Waals surface area contributed by atoms with E-state index < -0.39 is 0 Å². The Balaban J connectivity index is 2.29. The summed E-state index contributed by atoms with van der Waals surface area (Å²) in [6, 6.07) is 15.4. The predicted octanol–water partition coefficient (Wildman–Crippen LogP) is 4.85. The van der Waals surface area contributed by atoms with Gasteiger partial charge in [-0.2, -0.15) is 0 Å². The van der Waals surface area contributed by atoms with Gasteiger partial charge in [-0.15, -0.1) is 0 Å². The van der Waals surface area contributed by atoms with Crippen molar-refractivity contribution in [3.8, 4) is 0 Å². The molecule has 0 aliphatic heterocycles. The molecule has 0 aromatic heterocycles. The van der Waals surface area contributed by atoms with Gasteiger partial charge in [-0.3, -0.25) is 4.99 Å². The third-order valence-corrected chi connectivity index (χ3v) is 3.12. The van der Waals surface area contributed by atoms with Crippen molar-refractivity contribution in [2.45, 2.75) is 0 Å². The first kappa shape index (κ1) is 11.4. The van der Waals surface area contributed by atoms with E-state index in [1.54, 1.807) is 6.21 Å². The van der Waals surface area contributed by atoms with Crippen molar-refractivity contribution in [2.75, 3.05) is 0 Å². The highest BCUT2D eigenvalue weighted by Gasteiger charge is 1.96. The minimum Gasteiger partial charge on any atom is -0.255 e. The van der Waals surface area contributed by atoms with Gasteiger partial charge in [0.05, 0.1) is 5.69 Å². The summed E-state index contributed by atoms with van der Waals surface area (Å²) in [6.07, 6.45) is 1.77. The minimum absolute atomic E-state index is 0.707. The molecule has 2 rings (SSSR count). The van der Waals surface area contributed by atoms with E-state index in [4.69, 9.17) is 11.6 Å². The fourth-order valence-electron chi connectivity index (χ4n) is 1.28. The molecule has 80 valence electrons. The molecule has 0 aliphatic carbocycles. The van der Waals surface area contributed by atoms with E-state index in [0.717, 1.165) is 15.7 Å². The number of nitrogens with zero attached hydrogens (tertiary/aromatic N) is 1. The maximum atomic E-state index is 6.03. The zero-order chi connectivity index (χ0) is 11.4. The van der Waals surface area contributed by atoms with Crippen LogP contribution < -0.4 is 0 Å². The molecule has 0 unspecified atom stereocenters. The third-order valence-electron chi connectivity index (χ3n) is 2.10. The van der Waals surface area contributed by atoms with Gasteiger partial charge in [0.15, 0.2) is 0 Å². The molecule has 0 radical (unpaired) electrons. The van der Waals surface area contributed by atoms with Crippen molar-refractivity contribution in [2.24, 2.45) is 4.99 Å². The van der Waals surface area contributed by atoms with Crippen molar-refractivity contribution in [3.05, 3.63) is 63.6 Å². The van der Waals surface area contributed by atoms with E-state index >= 15 is 0 Å².